The van der Waals surface area contributed by atoms with Crippen LogP contribution in [0.25, 0.3) is 42.1 Å². The van der Waals surface area contributed by atoms with Gasteiger partial charge in [-0.15, -0.1) is 11.3 Å². The van der Waals surface area contributed by atoms with Crippen molar-refractivity contribution < 1.29 is 0 Å². The molecule has 5 aromatic carbocycles. The van der Waals surface area contributed by atoms with E-state index in [0.717, 1.165) is 0 Å². The first-order chi connectivity index (χ1) is 15.3. The number of fused-ring (bicyclic) bond motifs is 4. The highest BCUT2D eigenvalue weighted by Crippen LogP contribution is 2.37. The van der Waals surface area contributed by atoms with Crippen LogP contribution in [0.4, 0.5) is 0 Å². The van der Waals surface area contributed by atoms with E-state index in [1.54, 1.807) is 0 Å². The summed E-state index contributed by atoms with van der Waals surface area (Å²) in [4.78, 5) is 0. The van der Waals surface area contributed by atoms with Gasteiger partial charge in [-0.2, -0.15) is 0 Å². The predicted octanol–water partition coefficient (Wildman–Crippen LogP) is 9.03. The maximum Gasteiger partial charge on any atom is 0.0358 e. The Kier molecular flexibility index (Phi) is 4.36. The molecule has 0 aliphatic rings. The number of hydrogen-bond donors (Lipinski definition) is 0. The molecule has 148 valence electrons. The summed E-state index contributed by atoms with van der Waals surface area (Å²) < 4.78 is 2.74. The molecule has 0 amide bonds. The molecule has 1 heterocycles. The van der Waals surface area contributed by atoms with Crippen molar-refractivity contribution in [1.29, 1.82) is 0 Å². The van der Waals surface area contributed by atoms with Gasteiger partial charge in [-0.05, 0) is 45.2 Å². The average Bonchev–Trinajstić information content (AvgIpc) is 3.21. The van der Waals surface area contributed by atoms with Crippen LogP contribution in [0.1, 0.15) is 24.0 Å². The van der Waals surface area contributed by atoms with Crippen molar-refractivity contribution in [2.24, 2.45) is 0 Å². The molecule has 0 spiro atoms. The third-order valence-electron chi connectivity index (χ3n) is 6.41. The lowest BCUT2D eigenvalue weighted by Crippen LogP contribution is -1.95. The first kappa shape index (κ1) is 18.4. The van der Waals surface area contributed by atoms with E-state index in [1.165, 1.54) is 53.2 Å². The highest BCUT2D eigenvalue weighted by molar-refractivity contribution is 7.25. The molecule has 0 bridgehead atoms. The summed E-state index contributed by atoms with van der Waals surface area (Å²) in [6.07, 6.45) is 0. The maximum absolute atomic E-state index is 2.38. The van der Waals surface area contributed by atoms with Gasteiger partial charge in [-0.1, -0.05) is 104 Å². The number of hydrogen-bond acceptors (Lipinski definition) is 1. The molecule has 1 aromatic heterocycles. The van der Waals surface area contributed by atoms with E-state index in [9.17, 15) is 0 Å². The topological polar surface area (TPSA) is 0 Å². The standard InChI is InChI=1S/C30H22S/c1-20(24-17-18-28-27-10-4-5-12-29(27)31-30(28)19-24)21-13-15-23(16-14-21)26-11-6-8-22-7-2-3-9-25(22)26/h2-20H,1H3. The van der Waals surface area contributed by atoms with Crippen molar-refractivity contribution >= 4 is 42.3 Å². The lowest BCUT2D eigenvalue weighted by Gasteiger charge is -2.14. The lowest BCUT2D eigenvalue weighted by molar-refractivity contribution is 0.925. The fraction of sp³-hybridized carbons (Fsp3) is 0.0667. The molecular formula is C30H22S. The Balaban J connectivity index is 1.36. The van der Waals surface area contributed by atoms with E-state index in [4.69, 9.17) is 0 Å². The molecule has 0 saturated carbocycles. The molecule has 0 radical (unpaired) electrons. The van der Waals surface area contributed by atoms with E-state index in [1.807, 2.05) is 11.3 Å². The minimum absolute atomic E-state index is 0.358. The summed E-state index contributed by atoms with van der Waals surface area (Å²) in [6, 6.07) is 39.9. The van der Waals surface area contributed by atoms with Crippen LogP contribution in [0.15, 0.2) is 109 Å². The molecule has 0 saturated heterocycles. The summed E-state index contributed by atoms with van der Waals surface area (Å²) in [5.74, 6) is 0.358. The van der Waals surface area contributed by atoms with Gasteiger partial charge in [-0.25, -0.2) is 0 Å². The second-order valence-corrected chi connectivity index (χ2v) is 9.31. The van der Waals surface area contributed by atoms with Crippen molar-refractivity contribution in [3.05, 3.63) is 120 Å². The zero-order valence-electron chi connectivity index (χ0n) is 17.4. The van der Waals surface area contributed by atoms with Gasteiger partial charge in [0.15, 0.2) is 0 Å². The molecule has 6 rings (SSSR count). The van der Waals surface area contributed by atoms with Crippen molar-refractivity contribution in [1.82, 2.24) is 0 Å². The van der Waals surface area contributed by atoms with Gasteiger partial charge in [0, 0.05) is 26.1 Å². The fourth-order valence-electron chi connectivity index (χ4n) is 4.63. The van der Waals surface area contributed by atoms with Crippen molar-refractivity contribution in [3.8, 4) is 11.1 Å². The molecular weight excluding hydrogens is 392 g/mol. The van der Waals surface area contributed by atoms with Gasteiger partial charge >= 0.3 is 0 Å². The SMILES string of the molecule is CC(c1ccc(-c2cccc3ccccc23)cc1)c1ccc2c(c1)sc1ccccc12. The lowest BCUT2D eigenvalue weighted by atomic mass is 9.90. The fourth-order valence-corrected chi connectivity index (χ4v) is 5.79. The van der Waals surface area contributed by atoms with Crippen LogP contribution in [0.3, 0.4) is 0 Å². The summed E-state index contributed by atoms with van der Waals surface area (Å²) in [7, 11) is 0. The highest BCUT2D eigenvalue weighted by Gasteiger charge is 2.12. The molecule has 0 aliphatic heterocycles. The molecule has 0 fully saturated rings. The smallest absolute Gasteiger partial charge is 0.0358 e. The van der Waals surface area contributed by atoms with E-state index in [0.29, 0.717) is 5.92 Å². The van der Waals surface area contributed by atoms with Crippen molar-refractivity contribution in [2.75, 3.05) is 0 Å². The first-order valence-electron chi connectivity index (χ1n) is 10.8. The van der Waals surface area contributed by atoms with Crippen LogP contribution in [0.2, 0.25) is 0 Å². The summed E-state index contributed by atoms with van der Waals surface area (Å²) in [6.45, 7) is 2.31. The normalized spacial score (nSPS) is 12.5. The largest absolute Gasteiger partial charge is 0.135 e. The zero-order valence-corrected chi connectivity index (χ0v) is 18.2. The van der Waals surface area contributed by atoms with Gasteiger partial charge in [-0.3, -0.25) is 0 Å². The number of benzene rings is 5. The van der Waals surface area contributed by atoms with Crippen LogP contribution >= 0.6 is 11.3 Å². The summed E-state index contributed by atoms with van der Waals surface area (Å²) in [5, 5.41) is 5.32. The highest BCUT2D eigenvalue weighted by atomic mass is 32.1. The molecule has 1 unspecified atom stereocenters. The molecule has 31 heavy (non-hydrogen) atoms. The summed E-state index contributed by atoms with van der Waals surface area (Å²) >= 11 is 1.89. The van der Waals surface area contributed by atoms with Crippen molar-refractivity contribution in [3.63, 3.8) is 0 Å². The molecule has 1 heteroatoms. The average molecular weight is 415 g/mol. The number of rotatable bonds is 3. The first-order valence-corrected chi connectivity index (χ1v) is 11.6. The Bertz CT molecular complexity index is 1530. The van der Waals surface area contributed by atoms with Crippen molar-refractivity contribution in [2.45, 2.75) is 12.8 Å². The molecule has 6 aromatic rings. The van der Waals surface area contributed by atoms with Gasteiger partial charge in [0.1, 0.15) is 0 Å². The minimum Gasteiger partial charge on any atom is -0.135 e. The zero-order chi connectivity index (χ0) is 20.8. The van der Waals surface area contributed by atoms with Gasteiger partial charge in [0.05, 0.1) is 0 Å². The molecule has 1 atom stereocenters. The maximum atomic E-state index is 2.38. The Morgan fingerprint density at radius 2 is 1.23 bits per heavy atom. The van der Waals surface area contributed by atoms with Gasteiger partial charge in [0.25, 0.3) is 0 Å². The van der Waals surface area contributed by atoms with Gasteiger partial charge in [0.2, 0.25) is 0 Å². The van der Waals surface area contributed by atoms with Gasteiger partial charge < -0.3 is 0 Å². The quantitative estimate of drug-likeness (QED) is 0.271. The molecule has 0 aliphatic carbocycles. The third-order valence-corrected chi connectivity index (χ3v) is 7.55. The Morgan fingerprint density at radius 1 is 0.548 bits per heavy atom. The third kappa shape index (κ3) is 3.13. The van der Waals surface area contributed by atoms with E-state index >= 15 is 0 Å². The van der Waals surface area contributed by atoms with E-state index in [-0.39, 0.29) is 0 Å². The second kappa shape index (κ2) is 7.37. The molecule has 0 nitrogen and oxygen atoms in total. The minimum atomic E-state index is 0.358. The van der Waals surface area contributed by atoms with Crippen LogP contribution in [0.5, 0.6) is 0 Å². The Hall–Kier alpha value is -3.42. The molecule has 0 N–H and O–H groups in total. The van der Waals surface area contributed by atoms with E-state index in [2.05, 4.69) is 116 Å². The van der Waals surface area contributed by atoms with E-state index < -0.39 is 0 Å². The second-order valence-electron chi connectivity index (χ2n) is 8.22. The predicted molar refractivity (Wildman–Crippen MR) is 136 cm³/mol. The number of thiophene rings is 1. The Labute approximate surface area is 186 Å². The van der Waals surface area contributed by atoms with Crippen LogP contribution in [0, 0.1) is 0 Å². The van der Waals surface area contributed by atoms with Crippen LogP contribution in [-0.4, -0.2) is 0 Å². The summed E-state index contributed by atoms with van der Waals surface area (Å²) in [5.41, 5.74) is 5.29. The monoisotopic (exact) mass is 414 g/mol. The van der Waals surface area contributed by atoms with Crippen LogP contribution < -0.4 is 0 Å². The Morgan fingerprint density at radius 3 is 2.10 bits per heavy atom. The van der Waals surface area contributed by atoms with Crippen LogP contribution in [-0.2, 0) is 0 Å².